The Bertz CT molecular complexity index is 586. The number of nitrogens with zero attached hydrogens (tertiary/aromatic N) is 2. The third-order valence-electron chi connectivity index (χ3n) is 3.56. The molecular formula is C15H20N3O4+. The van der Waals surface area contributed by atoms with Crippen molar-refractivity contribution in [2.24, 2.45) is 0 Å². The molecule has 0 spiro atoms. The number of ketones is 1. The maximum atomic E-state index is 12.2. The highest BCUT2D eigenvalue weighted by Crippen LogP contribution is 2.36. The first-order chi connectivity index (χ1) is 10.6. The molecule has 1 aliphatic rings. The van der Waals surface area contributed by atoms with E-state index in [4.69, 9.17) is 5.11 Å². The number of pyridine rings is 1. The Morgan fingerprint density at radius 2 is 2.18 bits per heavy atom. The first kappa shape index (κ1) is 16.1. The van der Waals surface area contributed by atoms with E-state index in [1.165, 1.54) is 11.8 Å². The summed E-state index contributed by atoms with van der Waals surface area (Å²) >= 11 is 0. The molecule has 0 aliphatic carbocycles. The second kappa shape index (κ2) is 7.15. The summed E-state index contributed by atoms with van der Waals surface area (Å²) < 4.78 is 0. The standard InChI is InChI=1S/C15H19N3O4/c1-10(20)12-13(11-4-2-3-5-17-11)18(15(22)14(12)21)8-6-16-7-9-19/h2-5,13,16,19,21H,6-9H2,1H3/p+1/t13-/m0/s1. The van der Waals surface area contributed by atoms with Crippen molar-refractivity contribution in [2.75, 3.05) is 26.2 Å². The molecule has 1 aromatic rings. The summed E-state index contributed by atoms with van der Waals surface area (Å²) in [6, 6.07) is 4.59. The summed E-state index contributed by atoms with van der Waals surface area (Å²) in [5.74, 6) is -1.40. The Kier molecular flexibility index (Phi) is 5.24. The van der Waals surface area contributed by atoms with E-state index in [0.717, 1.165) is 0 Å². The molecule has 0 radical (unpaired) electrons. The normalized spacial score (nSPS) is 18.2. The van der Waals surface area contributed by atoms with Gasteiger partial charge in [-0.05, 0) is 19.1 Å². The van der Waals surface area contributed by atoms with Gasteiger partial charge in [0.2, 0.25) is 0 Å². The van der Waals surface area contributed by atoms with Crippen LogP contribution in [0.2, 0.25) is 0 Å². The van der Waals surface area contributed by atoms with Crippen LogP contribution in [0.1, 0.15) is 18.7 Å². The molecule has 1 amide bonds. The number of Topliss-reactive ketones (excluding diaryl/α,β-unsaturated/α-hetero) is 1. The number of quaternary nitrogens is 1. The summed E-state index contributed by atoms with van der Waals surface area (Å²) in [7, 11) is 0. The number of carbonyl (C=O) groups excluding carboxylic acids is 2. The topological polar surface area (TPSA) is 107 Å². The largest absolute Gasteiger partial charge is 0.503 e. The molecule has 4 N–H and O–H groups in total. The van der Waals surface area contributed by atoms with Crippen LogP contribution >= 0.6 is 0 Å². The lowest BCUT2D eigenvalue weighted by Crippen LogP contribution is -2.86. The Labute approximate surface area is 128 Å². The number of nitrogens with two attached hydrogens (primary N) is 1. The smallest absolute Gasteiger partial charge is 0.290 e. The molecular weight excluding hydrogens is 286 g/mol. The molecule has 0 unspecified atom stereocenters. The fourth-order valence-electron chi connectivity index (χ4n) is 2.55. The average molecular weight is 306 g/mol. The third-order valence-corrected chi connectivity index (χ3v) is 3.56. The summed E-state index contributed by atoms with van der Waals surface area (Å²) in [4.78, 5) is 29.7. The molecule has 2 rings (SSSR count). The number of hydrogen-bond donors (Lipinski definition) is 3. The van der Waals surface area contributed by atoms with Gasteiger partial charge < -0.3 is 20.4 Å². The van der Waals surface area contributed by atoms with Crippen LogP contribution in [-0.4, -0.2) is 58.0 Å². The van der Waals surface area contributed by atoms with Gasteiger partial charge in [-0.25, -0.2) is 0 Å². The number of hydrogen-bond acceptors (Lipinski definition) is 5. The second-order valence-corrected chi connectivity index (χ2v) is 5.06. The highest BCUT2D eigenvalue weighted by Gasteiger charge is 2.42. The van der Waals surface area contributed by atoms with E-state index in [1.807, 2.05) is 5.32 Å². The van der Waals surface area contributed by atoms with Gasteiger partial charge in [0.05, 0.1) is 37.5 Å². The van der Waals surface area contributed by atoms with E-state index in [0.29, 0.717) is 25.3 Å². The lowest BCUT2D eigenvalue weighted by Gasteiger charge is -2.24. The van der Waals surface area contributed by atoms with E-state index in [1.54, 1.807) is 24.4 Å². The van der Waals surface area contributed by atoms with Crippen molar-refractivity contribution in [1.29, 1.82) is 0 Å². The van der Waals surface area contributed by atoms with E-state index >= 15 is 0 Å². The van der Waals surface area contributed by atoms with E-state index < -0.39 is 17.7 Å². The van der Waals surface area contributed by atoms with Gasteiger partial charge in [0.15, 0.2) is 11.5 Å². The Morgan fingerprint density at radius 1 is 1.41 bits per heavy atom. The zero-order chi connectivity index (χ0) is 16.1. The molecule has 1 aliphatic heterocycles. The van der Waals surface area contributed by atoms with Gasteiger partial charge in [-0.2, -0.15) is 0 Å². The maximum absolute atomic E-state index is 12.2. The van der Waals surface area contributed by atoms with E-state index in [2.05, 4.69) is 4.98 Å². The third kappa shape index (κ3) is 3.15. The number of aromatic nitrogens is 1. The molecule has 0 fully saturated rings. The van der Waals surface area contributed by atoms with Crippen molar-refractivity contribution in [3.05, 3.63) is 41.4 Å². The van der Waals surface area contributed by atoms with E-state index in [-0.39, 0.29) is 18.0 Å². The molecule has 0 bridgehead atoms. The molecule has 1 atom stereocenters. The minimum Gasteiger partial charge on any atom is -0.503 e. The lowest BCUT2D eigenvalue weighted by atomic mass is 10.0. The highest BCUT2D eigenvalue weighted by atomic mass is 16.3. The zero-order valence-corrected chi connectivity index (χ0v) is 12.4. The SMILES string of the molecule is CC(=O)C1=C(O)C(=O)N(CC[NH2+]CCO)[C@H]1c1ccccn1. The average Bonchev–Trinajstić information content (AvgIpc) is 2.77. The van der Waals surface area contributed by atoms with Crippen LogP contribution < -0.4 is 5.32 Å². The molecule has 118 valence electrons. The van der Waals surface area contributed by atoms with Crippen molar-refractivity contribution >= 4 is 11.7 Å². The van der Waals surface area contributed by atoms with Crippen molar-refractivity contribution in [3.8, 4) is 0 Å². The van der Waals surface area contributed by atoms with Gasteiger partial charge in [0.25, 0.3) is 5.91 Å². The fourth-order valence-corrected chi connectivity index (χ4v) is 2.55. The lowest BCUT2D eigenvalue weighted by molar-refractivity contribution is -0.655. The van der Waals surface area contributed by atoms with Crippen LogP contribution in [0, 0.1) is 0 Å². The maximum Gasteiger partial charge on any atom is 0.290 e. The fraction of sp³-hybridized carbons (Fsp3) is 0.400. The van der Waals surface area contributed by atoms with Crippen LogP contribution in [0.3, 0.4) is 0 Å². The highest BCUT2D eigenvalue weighted by molar-refractivity contribution is 6.07. The van der Waals surface area contributed by atoms with Crippen LogP contribution in [0.15, 0.2) is 35.7 Å². The van der Waals surface area contributed by atoms with Crippen molar-refractivity contribution in [2.45, 2.75) is 13.0 Å². The van der Waals surface area contributed by atoms with Gasteiger partial charge in [0.1, 0.15) is 6.04 Å². The number of aliphatic hydroxyl groups is 2. The minimum atomic E-state index is -0.659. The molecule has 1 aromatic heterocycles. The molecule has 22 heavy (non-hydrogen) atoms. The van der Waals surface area contributed by atoms with Gasteiger partial charge in [0, 0.05) is 6.20 Å². The summed E-state index contributed by atoms with van der Waals surface area (Å²) in [6.07, 6.45) is 1.59. The summed E-state index contributed by atoms with van der Waals surface area (Å²) in [5.41, 5.74) is 0.637. The Hall–Kier alpha value is -2.25. The van der Waals surface area contributed by atoms with Crippen molar-refractivity contribution in [3.63, 3.8) is 0 Å². The minimum absolute atomic E-state index is 0.0554. The quantitative estimate of drug-likeness (QED) is 0.556. The van der Waals surface area contributed by atoms with Crippen molar-refractivity contribution in [1.82, 2.24) is 9.88 Å². The number of carbonyl (C=O) groups is 2. The predicted octanol–water partition coefficient (Wildman–Crippen LogP) is -1.08. The van der Waals surface area contributed by atoms with Crippen LogP contribution in [-0.2, 0) is 9.59 Å². The summed E-state index contributed by atoms with van der Waals surface area (Å²) in [6.45, 7) is 2.83. The van der Waals surface area contributed by atoms with Gasteiger partial charge in [-0.3, -0.25) is 14.6 Å². The van der Waals surface area contributed by atoms with E-state index in [9.17, 15) is 14.7 Å². The predicted molar refractivity (Wildman–Crippen MR) is 77.8 cm³/mol. The van der Waals surface area contributed by atoms with Gasteiger partial charge in [-0.1, -0.05) is 6.07 Å². The molecule has 0 saturated carbocycles. The molecule has 0 saturated heterocycles. The molecule has 0 aromatic carbocycles. The summed E-state index contributed by atoms with van der Waals surface area (Å²) in [5, 5.41) is 20.7. The number of aliphatic hydroxyl groups excluding tert-OH is 2. The van der Waals surface area contributed by atoms with Crippen LogP contribution in [0.4, 0.5) is 0 Å². The zero-order valence-electron chi connectivity index (χ0n) is 12.4. The first-order valence-electron chi connectivity index (χ1n) is 7.16. The molecule has 2 heterocycles. The second-order valence-electron chi connectivity index (χ2n) is 5.06. The first-order valence-corrected chi connectivity index (χ1v) is 7.16. The Balaban J connectivity index is 2.28. The number of amides is 1. The van der Waals surface area contributed by atoms with Gasteiger partial charge in [-0.15, -0.1) is 0 Å². The monoisotopic (exact) mass is 306 g/mol. The van der Waals surface area contributed by atoms with Crippen LogP contribution in [0.25, 0.3) is 0 Å². The molecule has 7 heteroatoms. The number of rotatable bonds is 7. The molecule has 7 nitrogen and oxygen atoms in total. The van der Waals surface area contributed by atoms with Crippen LogP contribution in [0.5, 0.6) is 0 Å². The van der Waals surface area contributed by atoms with Gasteiger partial charge >= 0.3 is 0 Å². The van der Waals surface area contributed by atoms with Crippen molar-refractivity contribution < 1.29 is 25.1 Å². The Morgan fingerprint density at radius 3 is 2.77 bits per heavy atom.